The van der Waals surface area contributed by atoms with Crippen molar-refractivity contribution in [3.05, 3.63) is 53.3 Å². The number of hydrogen-bond acceptors (Lipinski definition) is 3. The van der Waals surface area contributed by atoms with Crippen molar-refractivity contribution in [3.63, 3.8) is 0 Å². The molecular weight excluding hydrogens is 429 g/mol. The van der Waals surface area contributed by atoms with Crippen LogP contribution in [0, 0.1) is 6.92 Å². The average Bonchev–Trinajstić information content (AvgIpc) is 2.99. The second kappa shape index (κ2) is 9.76. The Kier molecular flexibility index (Phi) is 8.37. The average molecular weight is 457 g/mol. The van der Waals surface area contributed by atoms with Gasteiger partial charge >= 0.3 is 0 Å². The van der Waals surface area contributed by atoms with Gasteiger partial charge in [-0.25, -0.2) is 4.99 Å². The molecule has 25 heavy (non-hydrogen) atoms. The Labute approximate surface area is 166 Å². The summed E-state index contributed by atoms with van der Waals surface area (Å²) in [5.74, 6) is 0.683. The number of aliphatic hydroxyl groups is 1. The molecule has 0 bridgehead atoms. The standard InChI is InChI=1S/C18H27N5O.HI/c1-5-19-17(20-10-15-8-6-14(2)7-9-15)21-13-18(3,24)16-11-22-23(4)12-16;/h6-9,11-12,24H,5,10,13H2,1-4H3,(H2,19,20,21);1H. The van der Waals surface area contributed by atoms with Crippen molar-refractivity contribution in [2.24, 2.45) is 12.0 Å². The monoisotopic (exact) mass is 457 g/mol. The number of guanidine groups is 1. The molecule has 1 heterocycles. The largest absolute Gasteiger partial charge is 0.383 e. The lowest BCUT2D eigenvalue weighted by atomic mass is 10.00. The molecule has 2 rings (SSSR count). The molecule has 1 aromatic heterocycles. The first-order chi connectivity index (χ1) is 11.4. The first-order valence-corrected chi connectivity index (χ1v) is 8.20. The van der Waals surface area contributed by atoms with Gasteiger partial charge in [0.05, 0.1) is 19.3 Å². The molecule has 1 unspecified atom stereocenters. The molecule has 0 saturated heterocycles. The van der Waals surface area contributed by atoms with Crippen LogP contribution in [0.5, 0.6) is 0 Å². The molecule has 0 fully saturated rings. The van der Waals surface area contributed by atoms with Gasteiger partial charge in [-0.15, -0.1) is 24.0 Å². The van der Waals surface area contributed by atoms with Crippen molar-refractivity contribution in [2.45, 2.75) is 32.9 Å². The maximum Gasteiger partial charge on any atom is 0.191 e. The van der Waals surface area contributed by atoms with Gasteiger partial charge in [-0.3, -0.25) is 4.68 Å². The highest BCUT2D eigenvalue weighted by Gasteiger charge is 2.24. The normalized spacial score (nSPS) is 13.7. The molecule has 1 atom stereocenters. The molecule has 0 aliphatic carbocycles. The molecule has 0 radical (unpaired) electrons. The van der Waals surface area contributed by atoms with Gasteiger partial charge in [0.25, 0.3) is 0 Å². The van der Waals surface area contributed by atoms with E-state index < -0.39 is 5.60 Å². The van der Waals surface area contributed by atoms with Crippen LogP contribution in [0.1, 0.15) is 30.5 Å². The van der Waals surface area contributed by atoms with Gasteiger partial charge in [-0.2, -0.15) is 5.10 Å². The van der Waals surface area contributed by atoms with E-state index in [2.05, 4.69) is 51.9 Å². The highest BCUT2D eigenvalue weighted by molar-refractivity contribution is 14.0. The van der Waals surface area contributed by atoms with E-state index in [1.165, 1.54) is 5.56 Å². The lowest BCUT2D eigenvalue weighted by Crippen LogP contribution is -2.44. The van der Waals surface area contributed by atoms with E-state index in [1.807, 2.05) is 20.2 Å². The molecule has 0 spiro atoms. The maximum absolute atomic E-state index is 10.6. The number of aromatic nitrogens is 2. The minimum Gasteiger partial charge on any atom is -0.383 e. The van der Waals surface area contributed by atoms with E-state index >= 15 is 0 Å². The molecule has 3 N–H and O–H groups in total. The van der Waals surface area contributed by atoms with E-state index in [9.17, 15) is 5.11 Å². The van der Waals surface area contributed by atoms with Gasteiger partial charge in [0, 0.05) is 25.4 Å². The molecular formula is C18H28IN5O. The van der Waals surface area contributed by atoms with E-state index in [1.54, 1.807) is 17.8 Å². The van der Waals surface area contributed by atoms with Gasteiger partial charge in [-0.1, -0.05) is 29.8 Å². The van der Waals surface area contributed by atoms with Gasteiger partial charge in [0.15, 0.2) is 5.96 Å². The van der Waals surface area contributed by atoms with Crippen LogP contribution in [0.4, 0.5) is 0 Å². The molecule has 1 aromatic carbocycles. The number of nitrogens with one attached hydrogen (secondary N) is 2. The lowest BCUT2D eigenvalue weighted by molar-refractivity contribution is 0.0616. The van der Waals surface area contributed by atoms with Crippen LogP contribution >= 0.6 is 24.0 Å². The fourth-order valence-corrected chi connectivity index (χ4v) is 2.26. The van der Waals surface area contributed by atoms with Gasteiger partial charge in [0.1, 0.15) is 5.60 Å². The maximum atomic E-state index is 10.6. The van der Waals surface area contributed by atoms with E-state index in [0.717, 1.165) is 17.7 Å². The van der Waals surface area contributed by atoms with Crippen LogP contribution < -0.4 is 10.6 Å². The highest BCUT2D eigenvalue weighted by Crippen LogP contribution is 2.18. The van der Waals surface area contributed by atoms with E-state index in [0.29, 0.717) is 19.0 Å². The lowest BCUT2D eigenvalue weighted by Gasteiger charge is -2.23. The summed E-state index contributed by atoms with van der Waals surface area (Å²) in [6.07, 6.45) is 3.50. The first-order valence-electron chi connectivity index (χ1n) is 8.20. The number of benzene rings is 1. The Hall–Kier alpha value is -1.61. The third kappa shape index (κ3) is 6.66. The predicted octanol–water partition coefficient (Wildman–Crippen LogP) is 2.31. The summed E-state index contributed by atoms with van der Waals surface area (Å²) >= 11 is 0. The summed E-state index contributed by atoms with van der Waals surface area (Å²) in [7, 11) is 1.83. The second-order valence-electron chi connectivity index (χ2n) is 6.21. The van der Waals surface area contributed by atoms with Crippen molar-refractivity contribution in [1.29, 1.82) is 0 Å². The quantitative estimate of drug-likeness (QED) is 0.354. The van der Waals surface area contributed by atoms with Crippen molar-refractivity contribution < 1.29 is 5.11 Å². The molecule has 2 aromatic rings. The highest BCUT2D eigenvalue weighted by atomic mass is 127. The number of hydrogen-bond donors (Lipinski definition) is 3. The zero-order chi connectivity index (χ0) is 17.6. The zero-order valence-electron chi connectivity index (χ0n) is 15.3. The minimum atomic E-state index is -1.02. The summed E-state index contributed by atoms with van der Waals surface area (Å²) in [6, 6.07) is 8.32. The molecule has 138 valence electrons. The minimum absolute atomic E-state index is 0. The summed E-state index contributed by atoms with van der Waals surface area (Å²) < 4.78 is 1.68. The van der Waals surface area contributed by atoms with Gasteiger partial charge in [-0.05, 0) is 26.3 Å². The van der Waals surface area contributed by atoms with Crippen molar-refractivity contribution in [3.8, 4) is 0 Å². The Balaban J connectivity index is 0.00000312. The first kappa shape index (κ1) is 21.4. The van der Waals surface area contributed by atoms with Crippen LogP contribution in [-0.4, -0.2) is 33.9 Å². The Morgan fingerprint density at radius 1 is 1.28 bits per heavy atom. The molecule has 7 heteroatoms. The summed E-state index contributed by atoms with van der Waals surface area (Å²) in [5, 5.41) is 21.1. The smallest absolute Gasteiger partial charge is 0.191 e. The summed E-state index contributed by atoms with van der Waals surface area (Å²) in [6.45, 7) is 7.54. The Morgan fingerprint density at radius 3 is 2.52 bits per heavy atom. The van der Waals surface area contributed by atoms with E-state index in [4.69, 9.17) is 0 Å². The Morgan fingerprint density at radius 2 is 1.96 bits per heavy atom. The van der Waals surface area contributed by atoms with Crippen molar-refractivity contribution >= 4 is 29.9 Å². The topological polar surface area (TPSA) is 74.5 Å². The van der Waals surface area contributed by atoms with Crippen LogP contribution in [0.2, 0.25) is 0 Å². The van der Waals surface area contributed by atoms with Crippen LogP contribution in [0.25, 0.3) is 0 Å². The third-order valence-electron chi connectivity index (χ3n) is 3.81. The molecule has 6 nitrogen and oxygen atoms in total. The molecule has 0 saturated carbocycles. The number of rotatable bonds is 6. The zero-order valence-corrected chi connectivity index (χ0v) is 17.6. The van der Waals surface area contributed by atoms with Gasteiger partial charge < -0.3 is 15.7 Å². The van der Waals surface area contributed by atoms with Gasteiger partial charge in [0.2, 0.25) is 0 Å². The van der Waals surface area contributed by atoms with Crippen LogP contribution in [0.3, 0.4) is 0 Å². The fourth-order valence-electron chi connectivity index (χ4n) is 2.26. The number of nitrogens with zero attached hydrogens (tertiary/aromatic N) is 3. The third-order valence-corrected chi connectivity index (χ3v) is 3.81. The molecule has 0 aliphatic rings. The fraction of sp³-hybridized carbons (Fsp3) is 0.444. The molecule has 0 aliphatic heterocycles. The predicted molar refractivity (Wildman–Crippen MR) is 112 cm³/mol. The second-order valence-corrected chi connectivity index (χ2v) is 6.21. The summed E-state index contributed by atoms with van der Waals surface area (Å²) in [4.78, 5) is 4.58. The van der Waals surface area contributed by atoms with Crippen LogP contribution in [0.15, 0.2) is 41.7 Å². The van der Waals surface area contributed by atoms with Crippen LogP contribution in [-0.2, 0) is 19.2 Å². The number of halogens is 1. The summed E-state index contributed by atoms with van der Waals surface area (Å²) in [5.41, 5.74) is 2.14. The number of aliphatic imine (C=N–C) groups is 1. The van der Waals surface area contributed by atoms with Crippen molar-refractivity contribution in [2.75, 3.05) is 13.1 Å². The Bertz CT molecular complexity index is 679. The van der Waals surface area contributed by atoms with E-state index in [-0.39, 0.29) is 24.0 Å². The number of aryl methyl sites for hydroxylation is 2. The molecule has 0 amide bonds. The SMILES string of the molecule is CCNC(=NCc1ccc(C)cc1)NCC(C)(O)c1cnn(C)c1.I. The van der Waals surface area contributed by atoms with Crippen molar-refractivity contribution in [1.82, 2.24) is 20.4 Å².